The van der Waals surface area contributed by atoms with Gasteiger partial charge in [0.15, 0.2) is 5.78 Å². The second kappa shape index (κ2) is 8.46. The van der Waals surface area contributed by atoms with E-state index in [2.05, 4.69) is 4.90 Å². The fourth-order valence-electron chi connectivity index (χ4n) is 4.14. The molecule has 1 aliphatic heterocycles. The van der Waals surface area contributed by atoms with Crippen molar-refractivity contribution in [1.29, 1.82) is 0 Å². The standard InChI is InChI=1S/C20H29ClN2O/c21-19-4-2-1-3-18(19)20(24)16-10-13-23(14-11-16)12-9-15-5-7-17(22)8-6-15/h1-4,15-17H,5-14,22H2/t15-,17-. The summed E-state index contributed by atoms with van der Waals surface area (Å²) < 4.78 is 0. The number of nitrogens with zero attached hydrogens (tertiary/aromatic N) is 1. The largest absolute Gasteiger partial charge is 0.328 e. The summed E-state index contributed by atoms with van der Waals surface area (Å²) in [6.45, 7) is 3.24. The maximum absolute atomic E-state index is 12.6. The zero-order chi connectivity index (χ0) is 16.9. The predicted molar refractivity (Wildman–Crippen MR) is 99.5 cm³/mol. The number of nitrogens with two attached hydrogens (primary N) is 1. The monoisotopic (exact) mass is 348 g/mol. The third-order valence-corrected chi connectivity index (χ3v) is 6.17. The van der Waals surface area contributed by atoms with E-state index in [0.717, 1.165) is 31.8 Å². The Morgan fingerprint density at radius 3 is 2.42 bits per heavy atom. The number of carbonyl (C=O) groups excluding carboxylic acids is 1. The van der Waals surface area contributed by atoms with Crippen LogP contribution in [0.25, 0.3) is 0 Å². The molecule has 0 atom stereocenters. The Labute approximate surface area is 150 Å². The number of likely N-dealkylation sites (tertiary alicyclic amines) is 1. The summed E-state index contributed by atoms with van der Waals surface area (Å²) in [6.07, 6.45) is 8.18. The van der Waals surface area contributed by atoms with E-state index in [4.69, 9.17) is 17.3 Å². The van der Waals surface area contributed by atoms with Crippen LogP contribution in [-0.2, 0) is 0 Å². The highest BCUT2D eigenvalue weighted by atomic mass is 35.5. The molecule has 24 heavy (non-hydrogen) atoms. The summed E-state index contributed by atoms with van der Waals surface area (Å²) in [7, 11) is 0. The van der Waals surface area contributed by atoms with Crippen LogP contribution in [0.2, 0.25) is 5.02 Å². The Morgan fingerprint density at radius 2 is 1.75 bits per heavy atom. The second-order valence-corrected chi connectivity index (χ2v) is 7.94. The van der Waals surface area contributed by atoms with Crippen LogP contribution in [0.4, 0.5) is 0 Å². The first-order valence-electron chi connectivity index (χ1n) is 9.40. The molecule has 3 rings (SSSR count). The van der Waals surface area contributed by atoms with Crippen molar-refractivity contribution < 1.29 is 4.79 Å². The molecule has 0 radical (unpaired) electrons. The molecular weight excluding hydrogens is 320 g/mol. The fraction of sp³-hybridized carbons (Fsp3) is 0.650. The summed E-state index contributed by atoms with van der Waals surface area (Å²) in [5.74, 6) is 1.21. The second-order valence-electron chi connectivity index (χ2n) is 7.53. The van der Waals surface area contributed by atoms with E-state index in [1.54, 1.807) is 6.07 Å². The van der Waals surface area contributed by atoms with Gasteiger partial charge in [0.05, 0.1) is 5.02 Å². The number of ketones is 1. The summed E-state index contributed by atoms with van der Waals surface area (Å²) in [5.41, 5.74) is 6.68. The number of Topliss-reactive ketones (excluding diaryl/α,β-unsaturated/α-hetero) is 1. The SMILES string of the molecule is N[C@H]1CC[C@H](CCN2CCC(C(=O)c3ccccc3Cl)CC2)CC1. The highest BCUT2D eigenvalue weighted by molar-refractivity contribution is 6.34. The first-order chi connectivity index (χ1) is 11.6. The Morgan fingerprint density at radius 1 is 1.08 bits per heavy atom. The van der Waals surface area contributed by atoms with Gasteiger partial charge in [-0.2, -0.15) is 0 Å². The van der Waals surface area contributed by atoms with Crippen molar-refractivity contribution in [3.8, 4) is 0 Å². The molecule has 1 aromatic carbocycles. The highest BCUT2D eigenvalue weighted by Gasteiger charge is 2.27. The van der Waals surface area contributed by atoms with Crippen molar-refractivity contribution in [2.24, 2.45) is 17.6 Å². The zero-order valence-corrected chi connectivity index (χ0v) is 15.2. The molecule has 0 unspecified atom stereocenters. The van der Waals surface area contributed by atoms with Gasteiger partial charge in [0.2, 0.25) is 0 Å². The topological polar surface area (TPSA) is 46.3 Å². The number of rotatable bonds is 5. The number of benzene rings is 1. The molecule has 132 valence electrons. The maximum Gasteiger partial charge on any atom is 0.167 e. The van der Waals surface area contributed by atoms with Crippen molar-refractivity contribution in [3.63, 3.8) is 0 Å². The molecule has 0 aromatic heterocycles. The van der Waals surface area contributed by atoms with Crippen LogP contribution in [0.5, 0.6) is 0 Å². The molecule has 2 fully saturated rings. The maximum atomic E-state index is 12.6. The number of hydrogen-bond donors (Lipinski definition) is 1. The zero-order valence-electron chi connectivity index (χ0n) is 14.4. The van der Waals surface area contributed by atoms with Gasteiger partial charge in [-0.3, -0.25) is 4.79 Å². The van der Waals surface area contributed by atoms with E-state index in [1.807, 2.05) is 18.2 Å². The summed E-state index contributed by atoms with van der Waals surface area (Å²) in [6, 6.07) is 7.86. The summed E-state index contributed by atoms with van der Waals surface area (Å²) >= 11 is 6.17. The first kappa shape index (κ1) is 17.9. The van der Waals surface area contributed by atoms with Gasteiger partial charge in [-0.1, -0.05) is 23.7 Å². The van der Waals surface area contributed by atoms with E-state index in [-0.39, 0.29) is 11.7 Å². The molecule has 1 aliphatic carbocycles. The molecule has 0 spiro atoms. The smallest absolute Gasteiger partial charge is 0.167 e. The van der Waals surface area contributed by atoms with Crippen LogP contribution in [0, 0.1) is 11.8 Å². The molecule has 2 aliphatic rings. The highest BCUT2D eigenvalue weighted by Crippen LogP contribution is 2.28. The van der Waals surface area contributed by atoms with Gasteiger partial charge in [0, 0.05) is 17.5 Å². The van der Waals surface area contributed by atoms with Crippen LogP contribution in [0.1, 0.15) is 55.3 Å². The lowest BCUT2D eigenvalue weighted by Gasteiger charge is -2.33. The number of hydrogen-bond acceptors (Lipinski definition) is 3. The van der Waals surface area contributed by atoms with E-state index in [9.17, 15) is 4.79 Å². The molecular formula is C20H29ClN2O. The molecule has 1 aromatic rings. The van der Waals surface area contributed by atoms with Crippen LogP contribution >= 0.6 is 11.6 Å². The predicted octanol–water partition coefficient (Wildman–Crippen LogP) is 4.14. The van der Waals surface area contributed by atoms with Gasteiger partial charge >= 0.3 is 0 Å². The third-order valence-electron chi connectivity index (χ3n) is 5.84. The van der Waals surface area contributed by atoms with Gasteiger partial charge in [0.25, 0.3) is 0 Å². The van der Waals surface area contributed by atoms with Gasteiger partial charge < -0.3 is 10.6 Å². The fourth-order valence-corrected chi connectivity index (χ4v) is 4.37. The molecule has 4 heteroatoms. The van der Waals surface area contributed by atoms with Crippen molar-refractivity contribution in [2.75, 3.05) is 19.6 Å². The quantitative estimate of drug-likeness (QED) is 0.813. The minimum absolute atomic E-state index is 0.133. The van der Waals surface area contributed by atoms with Crippen LogP contribution in [-0.4, -0.2) is 36.4 Å². The minimum Gasteiger partial charge on any atom is -0.328 e. The molecule has 1 heterocycles. The lowest BCUT2D eigenvalue weighted by molar-refractivity contribution is 0.0833. The number of carbonyl (C=O) groups is 1. The van der Waals surface area contributed by atoms with E-state index >= 15 is 0 Å². The normalized spacial score (nSPS) is 26.4. The van der Waals surface area contributed by atoms with Gasteiger partial charge in [-0.05, 0) is 82.6 Å². The van der Waals surface area contributed by atoms with Crippen molar-refractivity contribution in [1.82, 2.24) is 4.90 Å². The minimum atomic E-state index is 0.133. The van der Waals surface area contributed by atoms with Gasteiger partial charge in [-0.25, -0.2) is 0 Å². The molecule has 2 N–H and O–H groups in total. The average Bonchev–Trinajstić information content (AvgIpc) is 2.61. The van der Waals surface area contributed by atoms with E-state index in [0.29, 0.717) is 16.6 Å². The molecule has 0 bridgehead atoms. The van der Waals surface area contributed by atoms with Crippen molar-refractivity contribution >= 4 is 17.4 Å². The van der Waals surface area contributed by atoms with Crippen LogP contribution < -0.4 is 5.73 Å². The Kier molecular flexibility index (Phi) is 6.31. The summed E-state index contributed by atoms with van der Waals surface area (Å²) in [5, 5.41) is 0.584. The Balaban J connectivity index is 1.42. The lowest BCUT2D eigenvalue weighted by Crippen LogP contribution is -2.38. The molecule has 1 saturated heterocycles. The van der Waals surface area contributed by atoms with Gasteiger partial charge in [0.1, 0.15) is 0 Å². The number of piperidine rings is 1. The Hall–Kier alpha value is -0.900. The Bertz CT molecular complexity index is 546. The van der Waals surface area contributed by atoms with E-state index < -0.39 is 0 Å². The third kappa shape index (κ3) is 4.59. The molecule has 3 nitrogen and oxygen atoms in total. The van der Waals surface area contributed by atoms with Crippen molar-refractivity contribution in [3.05, 3.63) is 34.9 Å². The first-order valence-corrected chi connectivity index (χ1v) is 9.78. The lowest BCUT2D eigenvalue weighted by atomic mass is 9.84. The number of halogens is 1. The van der Waals surface area contributed by atoms with Crippen molar-refractivity contribution in [2.45, 2.75) is 51.0 Å². The molecule has 0 amide bonds. The van der Waals surface area contributed by atoms with E-state index in [1.165, 1.54) is 38.6 Å². The van der Waals surface area contributed by atoms with Gasteiger partial charge in [-0.15, -0.1) is 0 Å². The summed E-state index contributed by atoms with van der Waals surface area (Å²) in [4.78, 5) is 15.2. The molecule has 1 saturated carbocycles. The van der Waals surface area contributed by atoms with Crippen LogP contribution in [0.3, 0.4) is 0 Å². The van der Waals surface area contributed by atoms with Crippen LogP contribution in [0.15, 0.2) is 24.3 Å². The average molecular weight is 349 g/mol.